The van der Waals surface area contributed by atoms with Gasteiger partial charge >= 0.3 is 5.97 Å². The van der Waals surface area contributed by atoms with Crippen LogP contribution >= 0.6 is 0 Å². The second-order valence-corrected chi connectivity index (χ2v) is 13.8. The van der Waals surface area contributed by atoms with Crippen molar-refractivity contribution in [2.45, 2.75) is 51.9 Å². The van der Waals surface area contributed by atoms with Crippen molar-refractivity contribution in [1.29, 1.82) is 0 Å². The molecule has 11 heteroatoms. The maximum Gasteiger partial charge on any atom is 0.326 e. The highest BCUT2D eigenvalue weighted by Gasteiger charge is 2.18. The lowest BCUT2D eigenvalue weighted by molar-refractivity contribution is -0.155. The summed E-state index contributed by atoms with van der Waals surface area (Å²) in [6, 6.07) is 28.5. The van der Waals surface area contributed by atoms with Crippen molar-refractivity contribution < 1.29 is 24.2 Å². The molecule has 1 aliphatic heterocycles. The zero-order valence-electron chi connectivity index (χ0n) is 29.9. The van der Waals surface area contributed by atoms with Gasteiger partial charge in [0.2, 0.25) is 0 Å². The maximum atomic E-state index is 12.9. The molecule has 0 unspecified atom stereocenters. The molecule has 0 radical (unpaired) electrons. The first kappa shape index (κ1) is 35.9. The number of amides is 1. The molecule has 0 saturated carbocycles. The van der Waals surface area contributed by atoms with Gasteiger partial charge < -0.3 is 29.9 Å². The Bertz CT molecular complexity index is 2170. The number of benzene rings is 4. The van der Waals surface area contributed by atoms with Crippen molar-refractivity contribution in [2.75, 3.05) is 35.7 Å². The van der Waals surface area contributed by atoms with Gasteiger partial charge in [0.15, 0.2) is 0 Å². The number of nitrogens with one attached hydrogen (secondary N) is 2. The number of fused-ring (bicyclic) bond motifs is 2. The van der Waals surface area contributed by atoms with Crippen LogP contribution in [0.15, 0.2) is 103 Å². The van der Waals surface area contributed by atoms with E-state index < -0.39 is 5.60 Å². The molecular formula is C41H44N6O5. The molecule has 0 aliphatic carbocycles. The Morgan fingerprint density at radius 1 is 0.865 bits per heavy atom. The monoisotopic (exact) mass is 700 g/mol. The van der Waals surface area contributed by atoms with E-state index in [1.54, 1.807) is 12.1 Å². The van der Waals surface area contributed by atoms with Crippen molar-refractivity contribution in [3.8, 4) is 5.69 Å². The van der Waals surface area contributed by atoms with E-state index in [2.05, 4.69) is 20.6 Å². The summed E-state index contributed by atoms with van der Waals surface area (Å²) in [6.07, 6.45) is 6.04. The van der Waals surface area contributed by atoms with E-state index in [-0.39, 0.29) is 24.5 Å². The molecule has 268 valence electrons. The topological polar surface area (TPSA) is 131 Å². The van der Waals surface area contributed by atoms with E-state index in [0.717, 1.165) is 71.1 Å². The lowest BCUT2D eigenvalue weighted by Crippen LogP contribution is -2.35. The molecule has 0 bridgehead atoms. The van der Waals surface area contributed by atoms with Crippen LogP contribution in [0.5, 0.6) is 0 Å². The Balaban J connectivity index is 0.000000258. The summed E-state index contributed by atoms with van der Waals surface area (Å²) in [5, 5.41) is 21.9. The van der Waals surface area contributed by atoms with Gasteiger partial charge in [-0.2, -0.15) is 5.10 Å². The van der Waals surface area contributed by atoms with Crippen molar-refractivity contribution in [3.05, 3.63) is 115 Å². The maximum absolute atomic E-state index is 12.9. The van der Waals surface area contributed by atoms with Crippen LogP contribution in [-0.2, 0) is 16.1 Å². The van der Waals surface area contributed by atoms with Crippen LogP contribution in [0.1, 0.15) is 54.3 Å². The third-order valence-corrected chi connectivity index (χ3v) is 8.84. The van der Waals surface area contributed by atoms with E-state index in [1.165, 1.54) is 0 Å². The summed E-state index contributed by atoms with van der Waals surface area (Å²) in [6.45, 7) is 7.45. The van der Waals surface area contributed by atoms with Crippen LogP contribution in [0.2, 0.25) is 0 Å². The number of rotatable bonds is 8. The number of hydrogen-bond acceptors (Lipinski definition) is 8. The number of hydrogen-bond donors (Lipinski definition) is 3. The number of ether oxygens (including phenoxy) is 1. The molecule has 1 saturated heterocycles. The standard InChI is InChI=1S/C29H29N5O3.C12H15NO2/c1-29(2,3)37-27(35)18-33-14-13-20-15-23(8-11-25(20)33)32-28(36)19-5-9-24(10-6-19)34-26-12-7-22(30-4)16-21(26)17-31-34;14-9-10-1-3-11(4-2-10)13-7-5-12(15)6-8-13/h5-17,30H,18H2,1-4H3,(H,32,36);1-4,9,12,15H,5-8H2. The van der Waals surface area contributed by atoms with Gasteiger partial charge in [-0.25, -0.2) is 4.68 Å². The van der Waals surface area contributed by atoms with E-state index in [1.807, 2.05) is 128 Å². The molecule has 1 fully saturated rings. The van der Waals surface area contributed by atoms with Crippen molar-refractivity contribution in [2.24, 2.45) is 0 Å². The third-order valence-electron chi connectivity index (χ3n) is 8.84. The number of esters is 1. The fourth-order valence-electron chi connectivity index (χ4n) is 6.17. The highest BCUT2D eigenvalue weighted by Crippen LogP contribution is 2.24. The number of carbonyl (C=O) groups is 3. The molecule has 4 aromatic carbocycles. The molecule has 0 spiro atoms. The first-order chi connectivity index (χ1) is 25.0. The number of aliphatic hydroxyl groups excluding tert-OH is 1. The highest BCUT2D eigenvalue weighted by atomic mass is 16.6. The SMILES string of the molecule is CNc1ccc2c(cnn2-c2ccc(C(=O)Nc3ccc4c(ccn4CC(=O)OC(C)(C)C)c3)cc2)c1.O=Cc1ccc(N2CCC(O)CC2)cc1. The summed E-state index contributed by atoms with van der Waals surface area (Å²) in [7, 11) is 1.89. The lowest BCUT2D eigenvalue weighted by Gasteiger charge is -2.31. The van der Waals surface area contributed by atoms with E-state index in [0.29, 0.717) is 16.8 Å². The van der Waals surface area contributed by atoms with Gasteiger partial charge in [0.05, 0.1) is 23.5 Å². The van der Waals surface area contributed by atoms with Crippen LogP contribution in [-0.4, -0.2) is 69.5 Å². The molecular weight excluding hydrogens is 656 g/mol. The van der Waals surface area contributed by atoms with Crippen LogP contribution in [0.25, 0.3) is 27.5 Å². The Hall–Kier alpha value is -5.94. The Morgan fingerprint density at radius 3 is 2.19 bits per heavy atom. The number of aldehydes is 1. The second kappa shape index (κ2) is 15.5. The largest absolute Gasteiger partial charge is 0.459 e. The Labute approximate surface area is 302 Å². The van der Waals surface area contributed by atoms with E-state index in [9.17, 15) is 19.5 Å². The molecule has 2 aromatic heterocycles. The van der Waals surface area contributed by atoms with Crippen LogP contribution in [0.4, 0.5) is 17.1 Å². The average molecular weight is 701 g/mol. The zero-order chi connectivity index (χ0) is 36.8. The minimum atomic E-state index is -0.529. The minimum absolute atomic E-state index is 0.126. The summed E-state index contributed by atoms with van der Waals surface area (Å²) in [4.78, 5) is 37.9. The van der Waals surface area contributed by atoms with Gasteiger partial charge in [0.25, 0.3) is 5.91 Å². The summed E-state index contributed by atoms with van der Waals surface area (Å²) in [5.74, 6) is -0.500. The van der Waals surface area contributed by atoms with Gasteiger partial charge in [-0.15, -0.1) is 0 Å². The highest BCUT2D eigenvalue weighted by molar-refractivity contribution is 6.05. The molecule has 0 atom stereocenters. The van der Waals surface area contributed by atoms with Crippen LogP contribution < -0.4 is 15.5 Å². The van der Waals surface area contributed by atoms with Crippen molar-refractivity contribution in [1.82, 2.24) is 14.3 Å². The average Bonchev–Trinajstić information content (AvgIpc) is 3.75. The molecule has 1 aliphatic rings. The predicted molar refractivity (Wildman–Crippen MR) is 206 cm³/mol. The zero-order valence-corrected chi connectivity index (χ0v) is 29.9. The van der Waals surface area contributed by atoms with Crippen molar-refractivity contribution >= 4 is 57.0 Å². The smallest absolute Gasteiger partial charge is 0.326 e. The Morgan fingerprint density at radius 2 is 1.52 bits per heavy atom. The number of nitrogens with zero attached hydrogens (tertiary/aromatic N) is 4. The molecule has 6 aromatic rings. The fraction of sp³-hybridized carbons (Fsp3) is 0.268. The Kier molecular flexibility index (Phi) is 10.7. The van der Waals surface area contributed by atoms with Crippen molar-refractivity contribution in [3.63, 3.8) is 0 Å². The van der Waals surface area contributed by atoms with Gasteiger partial charge in [-0.1, -0.05) is 0 Å². The normalized spacial score (nSPS) is 13.4. The molecule has 52 heavy (non-hydrogen) atoms. The quantitative estimate of drug-likeness (QED) is 0.114. The molecule has 3 heterocycles. The van der Waals surface area contributed by atoms with E-state index >= 15 is 0 Å². The second-order valence-electron chi connectivity index (χ2n) is 13.8. The van der Waals surface area contributed by atoms with Gasteiger partial charge in [-0.05, 0) is 125 Å². The number of aliphatic hydroxyl groups is 1. The van der Waals surface area contributed by atoms with Gasteiger partial charge in [0, 0.05) is 70.8 Å². The molecule has 3 N–H and O–H groups in total. The van der Waals surface area contributed by atoms with Crippen LogP contribution in [0.3, 0.4) is 0 Å². The molecule has 1 amide bonds. The molecule has 11 nitrogen and oxygen atoms in total. The number of piperidine rings is 1. The minimum Gasteiger partial charge on any atom is -0.459 e. The summed E-state index contributed by atoms with van der Waals surface area (Å²) >= 11 is 0. The number of aromatic nitrogens is 3. The summed E-state index contributed by atoms with van der Waals surface area (Å²) in [5.41, 5.74) is 6.30. The summed E-state index contributed by atoms with van der Waals surface area (Å²) < 4.78 is 9.12. The van der Waals surface area contributed by atoms with Gasteiger partial charge in [-0.3, -0.25) is 14.4 Å². The van der Waals surface area contributed by atoms with Crippen LogP contribution in [0, 0.1) is 0 Å². The number of anilines is 3. The third kappa shape index (κ3) is 8.67. The predicted octanol–water partition coefficient (Wildman–Crippen LogP) is 7.08. The van der Waals surface area contributed by atoms with Gasteiger partial charge in [0.1, 0.15) is 18.4 Å². The lowest BCUT2D eigenvalue weighted by atomic mass is 10.1. The number of carbonyl (C=O) groups excluding carboxylic acids is 3. The fourth-order valence-corrected chi connectivity index (χ4v) is 6.17. The molecule has 7 rings (SSSR count). The first-order valence-electron chi connectivity index (χ1n) is 17.4. The van der Waals surface area contributed by atoms with E-state index in [4.69, 9.17) is 4.74 Å². The first-order valence-corrected chi connectivity index (χ1v) is 17.4.